The number of aromatic carboxylic acids is 1. The van der Waals surface area contributed by atoms with E-state index in [1.54, 1.807) is 13.1 Å². The van der Waals surface area contributed by atoms with Gasteiger partial charge in [0.1, 0.15) is 0 Å². The SMILES string of the molecule is Cc1[nH]cc(Br)c1C(=O)O. The maximum Gasteiger partial charge on any atom is 0.338 e. The van der Waals surface area contributed by atoms with Gasteiger partial charge in [-0.15, -0.1) is 0 Å². The van der Waals surface area contributed by atoms with E-state index >= 15 is 0 Å². The molecule has 0 amide bonds. The number of aromatic nitrogens is 1. The maximum absolute atomic E-state index is 10.5. The first-order valence-corrected chi connectivity index (χ1v) is 3.49. The van der Waals surface area contributed by atoms with Gasteiger partial charge >= 0.3 is 5.97 Å². The summed E-state index contributed by atoms with van der Waals surface area (Å²) < 4.78 is 0.595. The molecular formula is C6H6BrNO2. The maximum atomic E-state index is 10.5. The predicted octanol–water partition coefficient (Wildman–Crippen LogP) is 1.78. The van der Waals surface area contributed by atoms with Crippen molar-refractivity contribution in [2.24, 2.45) is 0 Å². The van der Waals surface area contributed by atoms with E-state index in [2.05, 4.69) is 20.9 Å². The Balaban J connectivity index is 3.23. The molecule has 3 nitrogen and oxygen atoms in total. The molecule has 0 unspecified atom stereocenters. The molecule has 0 spiro atoms. The second-order valence-electron chi connectivity index (χ2n) is 1.94. The Morgan fingerprint density at radius 2 is 2.40 bits per heavy atom. The number of H-pyrrole nitrogens is 1. The van der Waals surface area contributed by atoms with E-state index in [1.165, 1.54) is 0 Å². The summed E-state index contributed by atoms with van der Waals surface area (Å²) in [4.78, 5) is 13.2. The molecule has 54 valence electrons. The Morgan fingerprint density at radius 3 is 2.60 bits per heavy atom. The Labute approximate surface area is 66.2 Å². The molecule has 0 fully saturated rings. The molecule has 0 radical (unpaired) electrons. The summed E-state index contributed by atoms with van der Waals surface area (Å²) >= 11 is 3.11. The number of hydrogen-bond acceptors (Lipinski definition) is 1. The fraction of sp³-hybridized carbons (Fsp3) is 0.167. The van der Waals surface area contributed by atoms with E-state index in [4.69, 9.17) is 5.11 Å². The van der Waals surface area contributed by atoms with Gasteiger partial charge in [0.2, 0.25) is 0 Å². The number of hydrogen-bond donors (Lipinski definition) is 2. The predicted molar refractivity (Wildman–Crippen MR) is 40.2 cm³/mol. The number of nitrogens with one attached hydrogen (secondary N) is 1. The van der Waals surface area contributed by atoms with Crippen molar-refractivity contribution in [1.82, 2.24) is 4.98 Å². The van der Waals surface area contributed by atoms with Crippen molar-refractivity contribution in [2.75, 3.05) is 0 Å². The molecule has 0 atom stereocenters. The minimum atomic E-state index is -0.911. The summed E-state index contributed by atoms with van der Waals surface area (Å²) in [6.45, 7) is 1.72. The van der Waals surface area contributed by atoms with Crippen LogP contribution in [0.15, 0.2) is 10.7 Å². The summed E-state index contributed by atoms with van der Waals surface area (Å²) in [6, 6.07) is 0. The Hall–Kier alpha value is -0.770. The van der Waals surface area contributed by atoms with Crippen LogP contribution in [0.3, 0.4) is 0 Å². The molecule has 1 aromatic heterocycles. The molecule has 1 aromatic rings. The molecule has 0 aliphatic heterocycles. The summed E-state index contributed by atoms with van der Waals surface area (Å²) in [7, 11) is 0. The third kappa shape index (κ3) is 1.07. The fourth-order valence-corrected chi connectivity index (χ4v) is 1.34. The molecule has 0 saturated heterocycles. The Bertz CT molecular complexity index is 247. The highest BCUT2D eigenvalue weighted by atomic mass is 79.9. The van der Waals surface area contributed by atoms with Crippen molar-refractivity contribution in [3.05, 3.63) is 21.9 Å². The zero-order chi connectivity index (χ0) is 7.72. The molecule has 0 aromatic carbocycles. The topological polar surface area (TPSA) is 53.1 Å². The molecule has 1 heterocycles. The van der Waals surface area contributed by atoms with Crippen LogP contribution in [-0.4, -0.2) is 16.1 Å². The Morgan fingerprint density at radius 1 is 1.80 bits per heavy atom. The van der Waals surface area contributed by atoms with Crippen molar-refractivity contribution in [2.45, 2.75) is 6.92 Å². The van der Waals surface area contributed by atoms with Crippen LogP contribution in [0.2, 0.25) is 0 Å². The molecule has 0 aliphatic carbocycles. The van der Waals surface area contributed by atoms with Gasteiger partial charge in [0.15, 0.2) is 0 Å². The average Bonchev–Trinajstić information content (AvgIpc) is 2.11. The van der Waals surface area contributed by atoms with Crippen molar-refractivity contribution in [1.29, 1.82) is 0 Å². The molecule has 1 rings (SSSR count). The van der Waals surface area contributed by atoms with E-state index in [-0.39, 0.29) is 0 Å². The summed E-state index contributed by atoms with van der Waals surface area (Å²) in [5.41, 5.74) is 0.972. The number of carbonyl (C=O) groups is 1. The molecule has 0 aliphatic rings. The summed E-state index contributed by atoms with van der Waals surface area (Å²) in [6.07, 6.45) is 1.61. The van der Waals surface area contributed by atoms with E-state index in [0.717, 1.165) is 0 Å². The zero-order valence-corrected chi connectivity index (χ0v) is 6.90. The molecule has 0 bridgehead atoms. The van der Waals surface area contributed by atoms with E-state index in [9.17, 15) is 4.79 Å². The van der Waals surface area contributed by atoms with Gasteiger partial charge in [-0.25, -0.2) is 4.79 Å². The quantitative estimate of drug-likeness (QED) is 0.732. The van der Waals surface area contributed by atoms with Gasteiger partial charge < -0.3 is 10.1 Å². The van der Waals surface area contributed by atoms with Crippen LogP contribution in [0.1, 0.15) is 16.1 Å². The largest absolute Gasteiger partial charge is 0.478 e. The molecular weight excluding hydrogens is 198 g/mol. The van der Waals surface area contributed by atoms with Gasteiger partial charge in [-0.2, -0.15) is 0 Å². The number of aryl methyl sites for hydroxylation is 1. The van der Waals surface area contributed by atoms with Crippen LogP contribution in [0.4, 0.5) is 0 Å². The normalized spacial score (nSPS) is 9.80. The van der Waals surface area contributed by atoms with Crippen LogP contribution in [0.5, 0.6) is 0 Å². The number of rotatable bonds is 1. The van der Waals surface area contributed by atoms with Gasteiger partial charge in [0, 0.05) is 16.4 Å². The monoisotopic (exact) mass is 203 g/mol. The number of halogens is 1. The second-order valence-corrected chi connectivity index (χ2v) is 2.80. The lowest BCUT2D eigenvalue weighted by Crippen LogP contribution is -1.97. The Kier molecular flexibility index (Phi) is 1.80. The van der Waals surface area contributed by atoms with Gasteiger partial charge in [0.05, 0.1) is 5.56 Å². The van der Waals surface area contributed by atoms with Crippen molar-refractivity contribution in [3.8, 4) is 0 Å². The minimum absolute atomic E-state index is 0.306. The van der Waals surface area contributed by atoms with Crippen LogP contribution in [0, 0.1) is 6.92 Å². The summed E-state index contributed by atoms with van der Waals surface area (Å²) in [5.74, 6) is -0.911. The van der Waals surface area contributed by atoms with E-state index in [0.29, 0.717) is 15.7 Å². The van der Waals surface area contributed by atoms with Gasteiger partial charge in [0.25, 0.3) is 0 Å². The smallest absolute Gasteiger partial charge is 0.338 e. The van der Waals surface area contributed by atoms with Crippen LogP contribution < -0.4 is 0 Å². The first-order valence-electron chi connectivity index (χ1n) is 2.69. The van der Waals surface area contributed by atoms with Gasteiger partial charge in [-0.3, -0.25) is 0 Å². The first-order chi connectivity index (χ1) is 4.63. The molecule has 4 heteroatoms. The second kappa shape index (κ2) is 2.46. The number of carboxylic acid groups (broad SMARTS) is 1. The van der Waals surface area contributed by atoms with Crippen molar-refractivity contribution < 1.29 is 9.90 Å². The first kappa shape index (κ1) is 7.34. The summed E-state index contributed by atoms with van der Waals surface area (Å²) in [5, 5.41) is 8.59. The molecule has 2 N–H and O–H groups in total. The van der Waals surface area contributed by atoms with Gasteiger partial charge in [-0.1, -0.05) is 0 Å². The number of carboxylic acids is 1. The minimum Gasteiger partial charge on any atom is -0.478 e. The van der Waals surface area contributed by atoms with Crippen molar-refractivity contribution in [3.63, 3.8) is 0 Å². The highest BCUT2D eigenvalue weighted by Crippen LogP contribution is 2.18. The van der Waals surface area contributed by atoms with E-state index < -0.39 is 5.97 Å². The lowest BCUT2D eigenvalue weighted by atomic mass is 10.3. The number of aromatic amines is 1. The van der Waals surface area contributed by atoms with Crippen LogP contribution in [-0.2, 0) is 0 Å². The average molecular weight is 204 g/mol. The highest BCUT2D eigenvalue weighted by Gasteiger charge is 2.11. The van der Waals surface area contributed by atoms with E-state index in [1.807, 2.05) is 0 Å². The fourth-order valence-electron chi connectivity index (χ4n) is 0.758. The molecule has 10 heavy (non-hydrogen) atoms. The third-order valence-corrected chi connectivity index (χ3v) is 1.87. The van der Waals surface area contributed by atoms with Crippen molar-refractivity contribution >= 4 is 21.9 Å². The lowest BCUT2D eigenvalue weighted by molar-refractivity contribution is 0.0695. The van der Waals surface area contributed by atoms with Crippen LogP contribution in [0.25, 0.3) is 0 Å². The zero-order valence-electron chi connectivity index (χ0n) is 5.31. The standard InChI is InChI=1S/C6H6BrNO2/c1-3-5(6(9)10)4(7)2-8-3/h2,8H,1H3,(H,9,10). The van der Waals surface area contributed by atoms with Crippen LogP contribution >= 0.6 is 15.9 Å². The highest BCUT2D eigenvalue weighted by molar-refractivity contribution is 9.10. The lowest BCUT2D eigenvalue weighted by Gasteiger charge is -1.90. The van der Waals surface area contributed by atoms with Gasteiger partial charge in [-0.05, 0) is 22.9 Å². The molecule has 0 saturated carbocycles. The third-order valence-electron chi connectivity index (χ3n) is 1.24.